The Morgan fingerprint density at radius 3 is 2.42 bits per heavy atom. The Labute approximate surface area is 139 Å². The van der Waals surface area contributed by atoms with Crippen LogP contribution in [0, 0.1) is 25.2 Å². The van der Waals surface area contributed by atoms with E-state index in [-0.39, 0.29) is 0 Å². The lowest BCUT2D eigenvalue weighted by Crippen LogP contribution is -2.04. The Morgan fingerprint density at radius 2 is 1.71 bits per heavy atom. The molecule has 0 aliphatic carbocycles. The van der Waals surface area contributed by atoms with Gasteiger partial charge in [-0.15, -0.1) is 0 Å². The van der Waals surface area contributed by atoms with Crippen LogP contribution in [0.5, 0.6) is 0 Å². The molecule has 0 fully saturated rings. The molecule has 24 heavy (non-hydrogen) atoms. The first-order valence-corrected chi connectivity index (χ1v) is 7.65. The van der Waals surface area contributed by atoms with Crippen molar-refractivity contribution in [2.24, 2.45) is 0 Å². The highest BCUT2D eigenvalue weighted by atomic mass is 15.1. The summed E-state index contributed by atoms with van der Waals surface area (Å²) in [6, 6.07) is 15.8. The van der Waals surface area contributed by atoms with Gasteiger partial charge in [-0.1, -0.05) is 24.3 Å². The van der Waals surface area contributed by atoms with Crippen LogP contribution in [0.4, 0.5) is 5.82 Å². The topological polar surface area (TPSA) is 80.5 Å². The van der Waals surface area contributed by atoms with E-state index in [1.807, 2.05) is 60.9 Å². The molecule has 0 radical (unpaired) electrons. The number of rotatable bonds is 1. The van der Waals surface area contributed by atoms with E-state index in [0.29, 0.717) is 22.5 Å². The number of hydrogen-bond acceptors (Lipinski definition) is 4. The molecular weight excluding hydrogens is 298 g/mol. The number of fused-ring (bicyclic) bond motifs is 2. The summed E-state index contributed by atoms with van der Waals surface area (Å²) in [5.41, 5.74) is 12.5. The van der Waals surface area contributed by atoms with Crippen molar-refractivity contribution in [1.82, 2.24) is 14.5 Å². The van der Waals surface area contributed by atoms with E-state index in [2.05, 4.69) is 11.1 Å². The molecule has 4 rings (SSSR count). The third-order valence-corrected chi connectivity index (χ3v) is 4.43. The molecule has 0 aliphatic rings. The Balaban J connectivity index is 2.19. The zero-order valence-corrected chi connectivity index (χ0v) is 13.4. The second kappa shape index (κ2) is 5.07. The minimum atomic E-state index is 0.365. The van der Waals surface area contributed by atoms with Crippen molar-refractivity contribution < 1.29 is 0 Å². The molecule has 0 bridgehead atoms. The van der Waals surface area contributed by atoms with E-state index in [0.717, 1.165) is 27.8 Å². The maximum atomic E-state index is 9.56. The molecule has 5 heteroatoms. The average molecular weight is 313 g/mol. The summed E-state index contributed by atoms with van der Waals surface area (Å²) in [7, 11) is 0. The van der Waals surface area contributed by atoms with Gasteiger partial charge in [0, 0.05) is 0 Å². The Bertz CT molecular complexity index is 1150. The van der Waals surface area contributed by atoms with Crippen LogP contribution in [0.15, 0.2) is 42.5 Å². The molecule has 116 valence electrons. The van der Waals surface area contributed by atoms with Gasteiger partial charge >= 0.3 is 0 Å². The number of nitrogens with zero attached hydrogens (tertiary/aromatic N) is 4. The predicted octanol–water partition coefficient (Wildman–Crippen LogP) is 3.64. The number of nitrogen functional groups attached to an aromatic ring is 1. The predicted molar refractivity (Wildman–Crippen MR) is 95.0 cm³/mol. The van der Waals surface area contributed by atoms with Crippen molar-refractivity contribution in [3.8, 4) is 11.8 Å². The van der Waals surface area contributed by atoms with Crippen molar-refractivity contribution in [3.05, 3.63) is 59.2 Å². The molecule has 2 aromatic carbocycles. The lowest BCUT2D eigenvalue weighted by molar-refractivity contribution is 1.08. The van der Waals surface area contributed by atoms with Crippen LogP contribution in [0.3, 0.4) is 0 Å². The quantitative estimate of drug-likeness (QED) is 0.581. The molecule has 2 N–H and O–H groups in total. The maximum Gasteiger partial charge on any atom is 0.167 e. The fraction of sp³-hybridized carbons (Fsp3) is 0.105. The molecule has 0 unspecified atom stereocenters. The average Bonchev–Trinajstić information content (AvgIpc) is 2.86. The van der Waals surface area contributed by atoms with E-state index in [4.69, 9.17) is 10.7 Å². The Morgan fingerprint density at radius 1 is 1.00 bits per heavy atom. The van der Waals surface area contributed by atoms with Gasteiger partial charge in [-0.2, -0.15) is 5.26 Å². The molecule has 0 atom stereocenters. The number of anilines is 1. The summed E-state index contributed by atoms with van der Waals surface area (Å²) >= 11 is 0. The number of aryl methyl sites for hydroxylation is 1. The van der Waals surface area contributed by atoms with Gasteiger partial charge in [-0.3, -0.25) is 4.57 Å². The molecule has 4 aromatic rings. The van der Waals surface area contributed by atoms with Crippen molar-refractivity contribution in [3.63, 3.8) is 0 Å². The van der Waals surface area contributed by atoms with E-state index in [9.17, 15) is 5.26 Å². The molecule has 2 heterocycles. The molecule has 2 aromatic heterocycles. The summed E-state index contributed by atoms with van der Waals surface area (Å²) < 4.78 is 1.83. The smallest absolute Gasteiger partial charge is 0.167 e. The molecular formula is C19H15N5. The van der Waals surface area contributed by atoms with Gasteiger partial charge in [0.25, 0.3) is 0 Å². The third-order valence-electron chi connectivity index (χ3n) is 4.43. The summed E-state index contributed by atoms with van der Waals surface area (Å²) in [6.45, 7) is 4.09. The molecule has 5 nitrogen and oxygen atoms in total. The normalized spacial score (nSPS) is 11.0. The van der Waals surface area contributed by atoms with E-state index in [1.54, 1.807) is 0 Å². The molecule has 0 spiro atoms. The summed E-state index contributed by atoms with van der Waals surface area (Å²) in [5.74, 6) is 0.372. The van der Waals surface area contributed by atoms with E-state index >= 15 is 0 Å². The van der Waals surface area contributed by atoms with Crippen LogP contribution >= 0.6 is 0 Å². The second-order valence-electron chi connectivity index (χ2n) is 5.81. The summed E-state index contributed by atoms with van der Waals surface area (Å²) in [4.78, 5) is 9.35. The minimum Gasteiger partial charge on any atom is -0.384 e. The van der Waals surface area contributed by atoms with Gasteiger partial charge in [0.05, 0.1) is 16.7 Å². The van der Waals surface area contributed by atoms with Crippen LogP contribution in [-0.4, -0.2) is 14.5 Å². The fourth-order valence-electron chi connectivity index (χ4n) is 2.99. The monoisotopic (exact) mass is 313 g/mol. The van der Waals surface area contributed by atoms with Gasteiger partial charge in [-0.05, 0) is 43.2 Å². The summed E-state index contributed by atoms with van der Waals surface area (Å²) in [6.07, 6.45) is 0. The van der Waals surface area contributed by atoms with Crippen molar-refractivity contribution >= 4 is 28.0 Å². The van der Waals surface area contributed by atoms with Crippen molar-refractivity contribution in [2.45, 2.75) is 13.8 Å². The number of hydrogen-bond donors (Lipinski definition) is 1. The number of para-hydroxylation sites is 2. The van der Waals surface area contributed by atoms with Gasteiger partial charge in [0.2, 0.25) is 0 Å². The first-order valence-electron chi connectivity index (χ1n) is 7.65. The largest absolute Gasteiger partial charge is 0.384 e. The zero-order chi connectivity index (χ0) is 16.8. The van der Waals surface area contributed by atoms with Crippen LogP contribution in [0.1, 0.15) is 16.7 Å². The highest BCUT2D eigenvalue weighted by Gasteiger charge is 2.20. The van der Waals surface area contributed by atoms with Crippen LogP contribution in [0.2, 0.25) is 0 Å². The first-order chi connectivity index (χ1) is 11.6. The Kier molecular flexibility index (Phi) is 3.00. The van der Waals surface area contributed by atoms with E-state index in [1.165, 1.54) is 0 Å². The van der Waals surface area contributed by atoms with E-state index < -0.39 is 0 Å². The molecule has 0 amide bonds. The Hall–Kier alpha value is -3.39. The number of benzene rings is 2. The second-order valence-corrected chi connectivity index (χ2v) is 5.81. The number of nitrogens with two attached hydrogens (primary N) is 1. The van der Waals surface area contributed by atoms with Gasteiger partial charge in [-0.25, -0.2) is 9.97 Å². The SMILES string of the molecule is Cc1cccc(-n2c(N)c(C#N)c3nc4ccccc4nc32)c1C. The fourth-order valence-corrected chi connectivity index (χ4v) is 2.99. The molecule has 0 saturated heterocycles. The van der Waals surface area contributed by atoms with Crippen LogP contribution in [-0.2, 0) is 0 Å². The van der Waals surface area contributed by atoms with Gasteiger partial charge in [0.15, 0.2) is 5.65 Å². The van der Waals surface area contributed by atoms with Gasteiger partial charge < -0.3 is 5.73 Å². The number of aromatic nitrogens is 3. The maximum absolute atomic E-state index is 9.56. The van der Waals surface area contributed by atoms with Crippen molar-refractivity contribution in [1.29, 1.82) is 5.26 Å². The minimum absolute atomic E-state index is 0.365. The lowest BCUT2D eigenvalue weighted by atomic mass is 10.1. The molecule has 0 aliphatic heterocycles. The first kappa shape index (κ1) is 14.2. The van der Waals surface area contributed by atoms with Gasteiger partial charge in [0.1, 0.15) is 23.0 Å². The molecule has 0 saturated carbocycles. The third kappa shape index (κ3) is 1.87. The zero-order valence-electron chi connectivity index (χ0n) is 13.4. The van der Waals surface area contributed by atoms with Crippen LogP contribution in [0.25, 0.3) is 27.9 Å². The van der Waals surface area contributed by atoms with Crippen molar-refractivity contribution in [2.75, 3.05) is 5.73 Å². The number of nitriles is 1. The lowest BCUT2D eigenvalue weighted by Gasteiger charge is -2.12. The van der Waals surface area contributed by atoms with Crippen LogP contribution < -0.4 is 5.73 Å². The summed E-state index contributed by atoms with van der Waals surface area (Å²) in [5, 5.41) is 9.56. The highest BCUT2D eigenvalue weighted by Crippen LogP contribution is 2.32. The highest BCUT2D eigenvalue weighted by molar-refractivity contribution is 5.93. The standard InChI is InChI=1S/C19H15N5/c1-11-6-5-9-16(12(11)2)24-18(21)13(10-20)17-19(24)23-15-8-4-3-7-14(15)22-17/h3-9H,21H2,1-2H3.